The normalized spacial score (nSPS) is 11.9. The van der Waals surface area contributed by atoms with E-state index in [9.17, 15) is 19.1 Å². The molecule has 1 amide bonds. The number of nitrogens with one attached hydrogen (secondary N) is 1. The van der Waals surface area contributed by atoms with Crippen molar-refractivity contribution in [3.05, 3.63) is 58.4 Å². The summed E-state index contributed by atoms with van der Waals surface area (Å²) in [6.45, 7) is 13.8. The van der Waals surface area contributed by atoms with Crippen LogP contribution >= 0.6 is 0 Å². The molecule has 0 bridgehead atoms. The number of phenolic OH excluding ortho intramolecular Hbond substituents is 1. The van der Waals surface area contributed by atoms with Gasteiger partial charge in [-0.1, -0.05) is 47.6 Å². The van der Waals surface area contributed by atoms with Crippen LogP contribution < -0.4 is 5.32 Å². The molecule has 0 aliphatic rings. The number of aromatic hydroxyl groups is 1. The van der Waals surface area contributed by atoms with Crippen molar-refractivity contribution in [2.24, 2.45) is 0 Å². The number of rotatable bonds is 4. The standard InChI is InChI=1S/C24H30FNO4/c1-8-30-22(29)16-10-9-14(11-18(16)25)21(28)26-19-13-15(23(2,3)4)12-17(20(19)27)24(5,6)7/h9-13,27H,8H2,1-7H3,(H,26,28). The molecule has 2 N–H and O–H groups in total. The van der Waals surface area contributed by atoms with E-state index in [1.165, 1.54) is 12.1 Å². The second kappa shape index (κ2) is 8.46. The van der Waals surface area contributed by atoms with Crippen LogP contribution in [-0.2, 0) is 15.6 Å². The van der Waals surface area contributed by atoms with Gasteiger partial charge in [-0.15, -0.1) is 0 Å². The third-order valence-electron chi connectivity index (χ3n) is 4.76. The summed E-state index contributed by atoms with van der Waals surface area (Å²) in [6.07, 6.45) is 0. The summed E-state index contributed by atoms with van der Waals surface area (Å²) in [5.74, 6) is -2.24. The molecule has 30 heavy (non-hydrogen) atoms. The number of ether oxygens (including phenoxy) is 1. The zero-order chi connectivity index (χ0) is 22.9. The lowest BCUT2D eigenvalue weighted by Gasteiger charge is -2.27. The Morgan fingerprint density at radius 3 is 2.17 bits per heavy atom. The number of hydrogen-bond donors (Lipinski definition) is 2. The summed E-state index contributed by atoms with van der Waals surface area (Å²) < 4.78 is 19.1. The second-order valence-electron chi connectivity index (χ2n) is 9.29. The molecule has 0 aliphatic heterocycles. The van der Waals surface area contributed by atoms with E-state index in [4.69, 9.17) is 4.74 Å². The van der Waals surface area contributed by atoms with Crippen LogP contribution in [0.15, 0.2) is 30.3 Å². The first-order chi connectivity index (χ1) is 13.8. The van der Waals surface area contributed by atoms with Crippen molar-refractivity contribution in [2.75, 3.05) is 11.9 Å². The van der Waals surface area contributed by atoms with Crippen molar-refractivity contribution in [2.45, 2.75) is 59.3 Å². The van der Waals surface area contributed by atoms with Gasteiger partial charge in [0.2, 0.25) is 0 Å². The Bertz CT molecular complexity index is 968. The minimum Gasteiger partial charge on any atom is -0.505 e. The molecule has 0 saturated carbocycles. The predicted molar refractivity (Wildman–Crippen MR) is 116 cm³/mol. The zero-order valence-electron chi connectivity index (χ0n) is 18.6. The highest BCUT2D eigenvalue weighted by Gasteiger charge is 2.26. The first kappa shape index (κ1) is 23.4. The average Bonchev–Trinajstić information content (AvgIpc) is 2.61. The van der Waals surface area contributed by atoms with Gasteiger partial charge >= 0.3 is 5.97 Å². The van der Waals surface area contributed by atoms with E-state index in [-0.39, 0.29) is 40.0 Å². The summed E-state index contributed by atoms with van der Waals surface area (Å²) in [7, 11) is 0. The third kappa shape index (κ3) is 5.17. The van der Waals surface area contributed by atoms with Crippen LogP contribution in [0.4, 0.5) is 10.1 Å². The average molecular weight is 416 g/mol. The highest BCUT2D eigenvalue weighted by Crippen LogP contribution is 2.40. The summed E-state index contributed by atoms with van der Waals surface area (Å²) >= 11 is 0. The molecule has 0 unspecified atom stereocenters. The Morgan fingerprint density at radius 1 is 1.03 bits per heavy atom. The summed E-state index contributed by atoms with van der Waals surface area (Å²) in [4.78, 5) is 24.5. The van der Waals surface area contributed by atoms with Crippen LogP contribution in [0.1, 0.15) is 80.3 Å². The quantitative estimate of drug-likeness (QED) is 0.507. The van der Waals surface area contributed by atoms with Crippen LogP contribution in [0.2, 0.25) is 0 Å². The maximum Gasteiger partial charge on any atom is 0.341 e. The first-order valence-corrected chi connectivity index (χ1v) is 9.91. The van der Waals surface area contributed by atoms with E-state index in [1.54, 1.807) is 13.0 Å². The molecule has 6 heteroatoms. The Labute approximate surface area is 177 Å². The van der Waals surface area contributed by atoms with Gasteiger partial charge < -0.3 is 15.2 Å². The Hall–Kier alpha value is -2.89. The van der Waals surface area contributed by atoms with Crippen molar-refractivity contribution >= 4 is 17.6 Å². The van der Waals surface area contributed by atoms with Crippen molar-refractivity contribution in [3.63, 3.8) is 0 Å². The number of anilines is 1. The van der Waals surface area contributed by atoms with Gasteiger partial charge in [-0.3, -0.25) is 4.79 Å². The number of halogens is 1. The maximum absolute atomic E-state index is 14.3. The molecule has 2 rings (SSSR count). The Balaban J connectivity index is 2.43. The van der Waals surface area contributed by atoms with Gasteiger partial charge in [0.05, 0.1) is 17.9 Å². The number of esters is 1. The molecule has 162 valence electrons. The zero-order valence-corrected chi connectivity index (χ0v) is 18.6. The van der Waals surface area contributed by atoms with Gasteiger partial charge in [0.1, 0.15) is 11.6 Å². The molecule has 0 heterocycles. The molecule has 0 radical (unpaired) electrons. The molecule has 0 aromatic heterocycles. The molecule has 0 aliphatic carbocycles. The number of amides is 1. The van der Waals surface area contributed by atoms with Crippen molar-refractivity contribution in [1.82, 2.24) is 0 Å². The van der Waals surface area contributed by atoms with E-state index < -0.39 is 17.7 Å². The van der Waals surface area contributed by atoms with Crippen molar-refractivity contribution < 1.29 is 23.8 Å². The fourth-order valence-electron chi connectivity index (χ4n) is 2.96. The summed E-state index contributed by atoms with van der Waals surface area (Å²) in [6, 6.07) is 7.22. The van der Waals surface area contributed by atoms with Crippen LogP contribution in [0, 0.1) is 5.82 Å². The van der Waals surface area contributed by atoms with Crippen LogP contribution in [0.3, 0.4) is 0 Å². The fraction of sp³-hybridized carbons (Fsp3) is 0.417. The van der Waals surface area contributed by atoms with Gasteiger partial charge in [0.15, 0.2) is 0 Å². The van der Waals surface area contributed by atoms with Crippen LogP contribution in [0.25, 0.3) is 0 Å². The number of benzene rings is 2. The molecular formula is C24H30FNO4. The summed E-state index contributed by atoms with van der Waals surface area (Å²) in [5.41, 5.74) is 1.14. The molecular weight excluding hydrogens is 385 g/mol. The molecule has 2 aromatic carbocycles. The minimum absolute atomic E-state index is 0.0209. The molecule has 2 aromatic rings. The largest absolute Gasteiger partial charge is 0.505 e. The van der Waals surface area contributed by atoms with Gasteiger partial charge in [0, 0.05) is 11.1 Å². The minimum atomic E-state index is -0.843. The fourth-order valence-corrected chi connectivity index (χ4v) is 2.96. The van der Waals surface area contributed by atoms with Crippen LogP contribution in [-0.4, -0.2) is 23.6 Å². The molecule has 0 saturated heterocycles. The van der Waals surface area contributed by atoms with Crippen molar-refractivity contribution in [3.8, 4) is 5.75 Å². The van der Waals surface area contributed by atoms with Gasteiger partial charge in [0.25, 0.3) is 5.91 Å². The van der Waals surface area contributed by atoms with E-state index in [0.29, 0.717) is 5.56 Å². The highest BCUT2D eigenvalue weighted by molar-refractivity contribution is 6.05. The molecule has 0 spiro atoms. The third-order valence-corrected chi connectivity index (χ3v) is 4.76. The Morgan fingerprint density at radius 2 is 1.67 bits per heavy atom. The SMILES string of the molecule is CCOC(=O)c1ccc(C(=O)Nc2cc(C(C)(C)C)cc(C(C)(C)C)c2O)cc1F. The monoisotopic (exact) mass is 415 g/mol. The predicted octanol–water partition coefficient (Wildman–Crippen LogP) is 5.56. The lowest BCUT2D eigenvalue weighted by Crippen LogP contribution is -2.19. The number of hydrogen-bond acceptors (Lipinski definition) is 4. The van der Waals surface area contributed by atoms with E-state index in [0.717, 1.165) is 11.6 Å². The van der Waals surface area contributed by atoms with Gasteiger partial charge in [-0.05, 0) is 47.6 Å². The highest BCUT2D eigenvalue weighted by atomic mass is 19.1. The molecule has 5 nitrogen and oxygen atoms in total. The summed E-state index contributed by atoms with van der Waals surface area (Å²) in [5, 5.41) is 13.5. The second-order valence-corrected chi connectivity index (χ2v) is 9.29. The maximum atomic E-state index is 14.3. The topological polar surface area (TPSA) is 75.6 Å². The molecule has 0 fully saturated rings. The lowest BCUT2D eigenvalue weighted by atomic mass is 9.79. The lowest BCUT2D eigenvalue weighted by molar-refractivity contribution is 0.0520. The van der Waals surface area contributed by atoms with E-state index in [1.807, 2.05) is 47.6 Å². The van der Waals surface area contributed by atoms with Crippen LogP contribution in [0.5, 0.6) is 5.75 Å². The first-order valence-electron chi connectivity index (χ1n) is 9.91. The van der Waals surface area contributed by atoms with E-state index in [2.05, 4.69) is 5.32 Å². The van der Waals surface area contributed by atoms with Gasteiger partial charge in [-0.2, -0.15) is 0 Å². The van der Waals surface area contributed by atoms with Gasteiger partial charge in [-0.25, -0.2) is 9.18 Å². The Kier molecular flexibility index (Phi) is 6.60. The van der Waals surface area contributed by atoms with E-state index >= 15 is 0 Å². The number of carbonyl (C=O) groups excluding carboxylic acids is 2. The smallest absolute Gasteiger partial charge is 0.341 e. The number of carbonyl (C=O) groups is 2. The number of phenols is 1. The van der Waals surface area contributed by atoms with Crippen molar-refractivity contribution in [1.29, 1.82) is 0 Å². The molecule has 0 atom stereocenters.